The third-order valence-electron chi connectivity index (χ3n) is 6.62. The molecule has 0 saturated carbocycles. The molecule has 8 heteroatoms. The summed E-state index contributed by atoms with van der Waals surface area (Å²) in [6.45, 7) is 8.71. The second kappa shape index (κ2) is 10.3. The second-order valence-electron chi connectivity index (χ2n) is 9.04. The van der Waals surface area contributed by atoms with E-state index >= 15 is 0 Å². The van der Waals surface area contributed by atoms with E-state index in [1.165, 1.54) is 30.4 Å². The number of carbonyl (C=O) groups is 1. The molecule has 2 aromatic heterocycles. The number of hydrogen-bond donors (Lipinski definition) is 1. The van der Waals surface area contributed by atoms with Gasteiger partial charge in [0.2, 0.25) is 5.91 Å². The van der Waals surface area contributed by atoms with Crippen LogP contribution in [0.4, 0.5) is 0 Å². The van der Waals surface area contributed by atoms with Crippen LogP contribution in [0.3, 0.4) is 0 Å². The molecule has 4 rings (SSSR count). The molecule has 1 atom stereocenters. The summed E-state index contributed by atoms with van der Waals surface area (Å²) in [4.78, 5) is 28.3. The lowest BCUT2D eigenvalue weighted by Gasteiger charge is -2.27. The van der Waals surface area contributed by atoms with Gasteiger partial charge < -0.3 is 10.2 Å². The van der Waals surface area contributed by atoms with Crippen LogP contribution in [-0.2, 0) is 11.3 Å². The summed E-state index contributed by atoms with van der Waals surface area (Å²) >= 11 is 0. The van der Waals surface area contributed by atoms with Gasteiger partial charge in [0.25, 0.3) is 5.56 Å². The summed E-state index contributed by atoms with van der Waals surface area (Å²) < 4.78 is 3.02. The first-order valence-corrected chi connectivity index (χ1v) is 12.0. The highest BCUT2D eigenvalue weighted by molar-refractivity contribution is 5.83. The molecule has 1 aliphatic rings. The van der Waals surface area contributed by atoms with Crippen molar-refractivity contribution in [1.29, 1.82) is 0 Å². The number of likely N-dealkylation sites (tertiary alicyclic amines) is 1. The van der Waals surface area contributed by atoms with E-state index in [9.17, 15) is 9.59 Å². The summed E-state index contributed by atoms with van der Waals surface area (Å²) in [5.41, 5.74) is 2.54. The predicted molar refractivity (Wildman–Crippen MR) is 130 cm³/mol. The van der Waals surface area contributed by atoms with E-state index < -0.39 is 0 Å². The first-order valence-electron chi connectivity index (χ1n) is 12.0. The molecule has 1 aliphatic heterocycles. The molecule has 176 valence electrons. The third-order valence-corrected chi connectivity index (χ3v) is 6.62. The summed E-state index contributed by atoms with van der Waals surface area (Å²) in [7, 11) is 0. The molecular formula is C25H34N6O2. The molecule has 8 nitrogen and oxygen atoms in total. The highest BCUT2D eigenvalue weighted by atomic mass is 16.2. The maximum absolute atomic E-state index is 13.2. The Balaban J connectivity index is 1.44. The van der Waals surface area contributed by atoms with Gasteiger partial charge in [-0.3, -0.25) is 9.59 Å². The number of amides is 1. The smallest absolute Gasteiger partial charge is 0.278 e. The number of benzene rings is 1. The minimum absolute atomic E-state index is 0.0936. The number of hydrogen-bond acceptors (Lipinski definition) is 5. The second-order valence-corrected chi connectivity index (χ2v) is 9.04. The van der Waals surface area contributed by atoms with Crippen molar-refractivity contribution in [3.8, 4) is 5.69 Å². The molecule has 0 radical (unpaired) electrons. The lowest BCUT2D eigenvalue weighted by molar-refractivity contribution is -0.121. The minimum Gasteiger partial charge on any atom is -0.354 e. The van der Waals surface area contributed by atoms with Crippen LogP contribution in [0.5, 0.6) is 0 Å². The van der Waals surface area contributed by atoms with Crippen molar-refractivity contribution in [2.45, 2.75) is 65.5 Å². The lowest BCUT2D eigenvalue weighted by atomic mass is 10.2. The van der Waals surface area contributed by atoms with Gasteiger partial charge in [0.1, 0.15) is 12.1 Å². The van der Waals surface area contributed by atoms with Gasteiger partial charge >= 0.3 is 0 Å². The summed E-state index contributed by atoms with van der Waals surface area (Å²) in [6.07, 6.45) is 6.04. The normalized spacial score (nSPS) is 16.0. The van der Waals surface area contributed by atoms with Crippen LogP contribution in [0.1, 0.15) is 50.4 Å². The number of aryl methyl sites for hydroxylation is 2. The number of carbonyl (C=O) groups excluding carboxylic acids is 1. The number of rotatable bonds is 7. The van der Waals surface area contributed by atoms with Crippen LogP contribution in [0.2, 0.25) is 0 Å². The van der Waals surface area contributed by atoms with Gasteiger partial charge in [-0.2, -0.15) is 10.2 Å². The largest absolute Gasteiger partial charge is 0.354 e. The molecule has 0 unspecified atom stereocenters. The number of para-hydroxylation sites is 1. The molecular weight excluding hydrogens is 416 g/mol. The lowest BCUT2D eigenvalue weighted by Crippen LogP contribution is -2.38. The van der Waals surface area contributed by atoms with E-state index in [4.69, 9.17) is 0 Å². The van der Waals surface area contributed by atoms with Crippen molar-refractivity contribution in [3.63, 3.8) is 0 Å². The summed E-state index contributed by atoms with van der Waals surface area (Å²) in [6, 6.07) is 10.1. The maximum atomic E-state index is 13.2. The van der Waals surface area contributed by atoms with Gasteiger partial charge in [0, 0.05) is 12.6 Å². The summed E-state index contributed by atoms with van der Waals surface area (Å²) in [5, 5.41) is 12.5. The van der Waals surface area contributed by atoms with E-state index in [1.54, 1.807) is 4.68 Å². The van der Waals surface area contributed by atoms with E-state index in [1.807, 2.05) is 44.2 Å². The first-order chi connectivity index (χ1) is 16.0. The molecule has 3 heterocycles. The standard InChI is InChI=1S/C25H34N6O2/c1-18(29-15-9-4-5-10-16-29)13-14-26-22(32)17-30-25(33)23-20(3)31(21-11-7-6-8-12-21)28-24(23)19(2)27-30/h6-8,11-12,18H,4-5,9-10,13-17H2,1-3H3,(H,26,32)/t18-/m0/s1. The average molecular weight is 451 g/mol. The fourth-order valence-electron chi connectivity index (χ4n) is 4.67. The average Bonchev–Trinajstić information content (AvgIpc) is 2.98. The molecule has 0 spiro atoms. The fraction of sp³-hybridized carbons (Fsp3) is 0.520. The van der Waals surface area contributed by atoms with E-state index in [2.05, 4.69) is 27.3 Å². The van der Waals surface area contributed by atoms with Crippen molar-refractivity contribution >= 4 is 16.8 Å². The Morgan fingerprint density at radius 1 is 1.06 bits per heavy atom. The molecule has 0 aliphatic carbocycles. The number of aromatic nitrogens is 4. The molecule has 1 fully saturated rings. The van der Waals surface area contributed by atoms with Crippen LogP contribution in [0.15, 0.2) is 35.1 Å². The number of nitrogens with one attached hydrogen (secondary N) is 1. The van der Waals surface area contributed by atoms with Crippen LogP contribution < -0.4 is 10.9 Å². The van der Waals surface area contributed by atoms with Crippen molar-refractivity contribution < 1.29 is 4.79 Å². The highest BCUT2D eigenvalue weighted by Crippen LogP contribution is 2.19. The Labute approximate surface area is 194 Å². The molecule has 33 heavy (non-hydrogen) atoms. The molecule has 3 aromatic rings. The zero-order valence-corrected chi connectivity index (χ0v) is 19.9. The molecule has 1 amide bonds. The van der Waals surface area contributed by atoms with Crippen molar-refractivity contribution in [3.05, 3.63) is 52.1 Å². The zero-order chi connectivity index (χ0) is 23.4. The Hall–Kier alpha value is -3.00. The summed E-state index contributed by atoms with van der Waals surface area (Å²) in [5.74, 6) is -0.195. The van der Waals surface area contributed by atoms with Gasteiger partial charge in [-0.15, -0.1) is 0 Å². The Morgan fingerprint density at radius 2 is 1.76 bits per heavy atom. The zero-order valence-electron chi connectivity index (χ0n) is 19.9. The van der Waals surface area contributed by atoms with Gasteiger partial charge in [-0.05, 0) is 65.3 Å². The van der Waals surface area contributed by atoms with Gasteiger partial charge in [-0.1, -0.05) is 31.0 Å². The Bertz CT molecular complexity index is 1160. The number of nitrogens with zero attached hydrogens (tertiary/aromatic N) is 5. The van der Waals surface area contributed by atoms with Crippen LogP contribution in [0.25, 0.3) is 16.6 Å². The fourth-order valence-corrected chi connectivity index (χ4v) is 4.67. The van der Waals surface area contributed by atoms with Crippen molar-refractivity contribution in [1.82, 2.24) is 29.8 Å². The predicted octanol–water partition coefficient (Wildman–Crippen LogP) is 2.97. The molecule has 0 bridgehead atoms. The Kier molecular flexibility index (Phi) is 7.23. The molecule has 1 aromatic carbocycles. The SMILES string of the molecule is Cc1nn(CC(=O)NCC[C@H](C)N2CCCCCC2)c(=O)c2c(C)n(-c3ccccc3)nc12. The number of fused-ring (bicyclic) bond motifs is 1. The van der Waals surface area contributed by atoms with Crippen molar-refractivity contribution in [2.24, 2.45) is 0 Å². The van der Waals surface area contributed by atoms with E-state index in [0.717, 1.165) is 30.9 Å². The monoisotopic (exact) mass is 450 g/mol. The van der Waals surface area contributed by atoms with Crippen LogP contribution in [-0.4, -0.2) is 56.0 Å². The van der Waals surface area contributed by atoms with Gasteiger partial charge in [-0.25, -0.2) is 9.36 Å². The molecule has 1 N–H and O–H groups in total. The van der Waals surface area contributed by atoms with E-state index in [0.29, 0.717) is 29.2 Å². The molecule has 1 saturated heterocycles. The van der Waals surface area contributed by atoms with E-state index in [-0.39, 0.29) is 18.0 Å². The third kappa shape index (κ3) is 5.16. The van der Waals surface area contributed by atoms with Gasteiger partial charge in [0.05, 0.1) is 22.5 Å². The first kappa shape index (κ1) is 23.2. The topological polar surface area (TPSA) is 85.0 Å². The quantitative estimate of drug-likeness (QED) is 0.598. The maximum Gasteiger partial charge on any atom is 0.278 e. The minimum atomic E-state index is -0.289. The van der Waals surface area contributed by atoms with Crippen molar-refractivity contribution in [2.75, 3.05) is 19.6 Å². The van der Waals surface area contributed by atoms with Crippen LogP contribution >= 0.6 is 0 Å². The van der Waals surface area contributed by atoms with Crippen LogP contribution in [0, 0.1) is 13.8 Å². The highest BCUT2D eigenvalue weighted by Gasteiger charge is 2.19. The Morgan fingerprint density at radius 3 is 2.45 bits per heavy atom. The van der Waals surface area contributed by atoms with Gasteiger partial charge in [0.15, 0.2) is 0 Å².